The first-order chi connectivity index (χ1) is 13.4. The van der Waals surface area contributed by atoms with Crippen LogP contribution in [0.5, 0.6) is 0 Å². The van der Waals surface area contributed by atoms with E-state index in [4.69, 9.17) is 0 Å². The first kappa shape index (κ1) is 31.4. The Morgan fingerprint density at radius 3 is 1.13 bits per heavy atom. The van der Waals surface area contributed by atoms with Crippen LogP contribution >= 0.6 is 0 Å². The summed E-state index contributed by atoms with van der Waals surface area (Å²) < 4.78 is 3.72. The molecule has 0 aromatic rings. The molecular weight excluding hydrogens is 498 g/mol. The van der Waals surface area contributed by atoms with Gasteiger partial charge in [-0.1, -0.05) is 0 Å². The summed E-state index contributed by atoms with van der Waals surface area (Å²) in [6.45, 7) is 24.4. The van der Waals surface area contributed by atoms with Crippen molar-refractivity contribution in [1.82, 2.24) is 0 Å². The predicted octanol–water partition coefficient (Wildman–Crippen LogP) is 3.21. The molecule has 0 amide bonds. The number of hydrogen-bond donors (Lipinski definition) is 0. The molecule has 0 spiro atoms. The normalized spacial score (nSPS) is 17.1. The topological polar surface area (TPSA) is 0 Å². The van der Waals surface area contributed by atoms with Crippen LogP contribution in [0.4, 0.5) is 0 Å². The SMILES string of the molecule is CCC(CC)(C1=[C]([Zr+2][C]2=C(C(CC)(CC)C(C)(C)C)C=CC2)CC=C1)C(C)(C)C.[Cl-].[Cl-]. The average Bonchev–Trinajstić information content (AvgIpc) is 3.27. The van der Waals surface area contributed by atoms with E-state index >= 15 is 0 Å². The fourth-order valence-corrected chi connectivity index (χ4v) is 10.7. The van der Waals surface area contributed by atoms with Gasteiger partial charge in [0, 0.05) is 0 Å². The number of allylic oxidation sites excluding steroid dienone is 8. The maximum atomic E-state index is 2.52. The third-order valence-electron chi connectivity index (χ3n) is 8.48. The molecule has 0 aromatic heterocycles. The quantitative estimate of drug-likeness (QED) is 0.440. The second kappa shape index (κ2) is 11.7. The molecule has 0 nitrogen and oxygen atoms in total. The van der Waals surface area contributed by atoms with Crippen molar-refractivity contribution < 1.29 is 48.0 Å². The van der Waals surface area contributed by atoms with E-state index in [0.717, 1.165) is 0 Å². The molecule has 0 fully saturated rings. The van der Waals surface area contributed by atoms with E-state index in [9.17, 15) is 0 Å². The van der Waals surface area contributed by atoms with Gasteiger partial charge in [0.25, 0.3) is 0 Å². The Hall–Kier alpha value is 0.423. The van der Waals surface area contributed by atoms with Crippen molar-refractivity contribution in [3.63, 3.8) is 0 Å². The van der Waals surface area contributed by atoms with Crippen molar-refractivity contribution in [3.05, 3.63) is 42.0 Å². The van der Waals surface area contributed by atoms with Crippen molar-refractivity contribution >= 4 is 0 Å². The summed E-state index contributed by atoms with van der Waals surface area (Å²) in [4.78, 5) is 0. The zero-order chi connectivity index (χ0) is 22.1. The average molecular weight is 545 g/mol. The van der Waals surface area contributed by atoms with Gasteiger partial charge in [-0.05, 0) is 0 Å². The van der Waals surface area contributed by atoms with Gasteiger partial charge in [-0.25, -0.2) is 0 Å². The van der Waals surface area contributed by atoms with Gasteiger partial charge in [0.15, 0.2) is 0 Å². The minimum atomic E-state index is -0.762. The zero-order valence-electron chi connectivity index (χ0n) is 21.8. The first-order valence-corrected chi connectivity index (χ1v) is 14.5. The van der Waals surface area contributed by atoms with E-state index in [2.05, 4.69) is 93.5 Å². The summed E-state index contributed by atoms with van der Waals surface area (Å²) >= 11 is -0.762. The molecule has 3 heteroatoms. The van der Waals surface area contributed by atoms with Gasteiger partial charge in [0.2, 0.25) is 0 Å². The van der Waals surface area contributed by atoms with Crippen LogP contribution in [0.1, 0.15) is 108 Å². The van der Waals surface area contributed by atoms with Crippen LogP contribution < -0.4 is 24.8 Å². The van der Waals surface area contributed by atoms with Crippen molar-refractivity contribution in [2.75, 3.05) is 0 Å². The second-order valence-corrected chi connectivity index (χ2v) is 14.8. The summed E-state index contributed by atoms with van der Waals surface area (Å²) in [7, 11) is 0. The Kier molecular flexibility index (Phi) is 11.9. The maximum absolute atomic E-state index is 2.52. The molecule has 2 aliphatic carbocycles. The summed E-state index contributed by atoms with van der Waals surface area (Å²) in [5.74, 6) is 0. The Labute approximate surface area is 218 Å². The molecule has 2 aliphatic rings. The molecule has 0 heterocycles. The molecule has 31 heavy (non-hydrogen) atoms. The van der Waals surface area contributed by atoms with Gasteiger partial charge in [-0.3, -0.25) is 0 Å². The van der Waals surface area contributed by atoms with E-state index in [-0.39, 0.29) is 24.8 Å². The fraction of sp³-hybridized carbons (Fsp3) is 0.714. The van der Waals surface area contributed by atoms with Crippen molar-refractivity contribution in [1.29, 1.82) is 0 Å². The predicted molar refractivity (Wildman–Crippen MR) is 127 cm³/mol. The molecule has 0 aromatic carbocycles. The van der Waals surface area contributed by atoms with E-state index in [0.29, 0.717) is 21.7 Å². The van der Waals surface area contributed by atoms with Crippen LogP contribution in [-0.4, -0.2) is 0 Å². The Morgan fingerprint density at radius 2 is 0.903 bits per heavy atom. The van der Waals surface area contributed by atoms with Crippen LogP contribution in [0.15, 0.2) is 42.0 Å². The summed E-state index contributed by atoms with van der Waals surface area (Å²) in [5.41, 5.74) is 4.71. The second-order valence-electron chi connectivity index (χ2n) is 11.2. The minimum Gasteiger partial charge on any atom is -1.00 e. The molecule has 0 N–H and O–H groups in total. The van der Waals surface area contributed by atoms with Crippen LogP contribution in [0.25, 0.3) is 0 Å². The molecule has 2 rings (SSSR count). The molecule has 0 saturated heterocycles. The third kappa shape index (κ3) is 5.57. The Morgan fingerprint density at radius 1 is 0.613 bits per heavy atom. The zero-order valence-corrected chi connectivity index (χ0v) is 25.8. The minimum absolute atomic E-state index is 0. The molecule has 176 valence electrons. The van der Waals surface area contributed by atoms with Crippen LogP contribution in [0.2, 0.25) is 0 Å². The third-order valence-corrected chi connectivity index (χ3v) is 12.3. The van der Waals surface area contributed by atoms with Crippen molar-refractivity contribution in [2.45, 2.75) is 108 Å². The Balaban J connectivity index is 0.00000450. The fourth-order valence-electron chi connectivity index (χ4n) is 6.52. The molecule has 0 saturated carbocycles. The van der Waals surface area contributed by atoms with Gasteiger partial charge in [0.05, 0.1) is 0 Å². The summed E-state index contributed by atoms with van der Waals surface area (Å²) in [6.07, 6.45) is 17.4. The van der Waals surface area contributed by atoms with Crippen LogP contribution in [-0.2, 0) is 23.2 Å². The molecule has 0 atom stereocenters. The van der Waals surface area contributed by atoms with Crippen LogP contribution in [0.3, 0.4) is 0 Å². The Bertz CT molecular complexity index is 653. The molecule has 0 unspecified atom stereocenters. The molecular formula is C28H46Cl2Zr. The molecule has 0 bridgehead atoms. The van der Waals surface area contributed by atoms with E-state index in [1.54, 1.807) is 11.1 Å². The number of halogens is 2. The standard InChI is InChI=1S/2C14H23.2ClH.Zr/c2*1-6-14(7-2,13(3,4)5)12-10-8-9-11-12;;;/h2*8,10H,6-7,9H2,1-5H3;2*1H;/q;;;;+2/p-2. The van der Waals surface area contributed by atoms with Gasteiger partial charge in [-0.2, -0.15) is 0 Å². The monoisotopic (exact) mass is 542 g/mol. The summed E-state index contributed by atoms with van der Waals surface area (Å²) in [6, 6.07) is 0. The number of rotatable bonds is 8. The van der Waals surface area contributed by atoms with Gasteiger partial charge in [0.1, 0.15) is 0 Å². The van der Waals surface area contributed by atoms with Crippen LogP contribution in [0, 0.1) is 21.7 Å². The van der Waals surface area contributed by atoms with E-state index in [1.165, 1.54) is 38.5 Å². The smallest absolute Gasteiger partial charge is 1.00 e. The molecule has 0 radical (unpaired) electrons. The van der Waals surface area contributed by atoms with Crippen molar-refractivity contribution in [3.8, 4) is 0 Å². The maximum Gasteiger partial charge on any atom is -1.00 e. The largest absolute Gasteiger partial charge is 1.00 e. The van der Waals surface area contributed by atoms with Gasteiger partial charge >= 0.3 is 195 Å². The van der Waals surface area contributed by atoms with Crippen molar-refractivity contribution in [2.24, 2.45) is 21.7 Å². The first-order valence-electron chi connectivity index (χ1n) is 12.0. The summed E-state index contributed by atoms with van der Waals surface area (Å²) in [5, 5.41) is 0. The van der Waals surface area contributed by atoms with E-state index in [1.807, 2.05) is 6.56 Å². The van der Waals surface area contributed by atoms with Gasteiger partial charge < -0.3 is 24.8 Å². The van der Waals surface area contributed by atoms with E-state index < -0.39 is 23.2 Å². The molecule has 0 aliphatic heterocycles. The van der Waals surface area contributed by atoms with Gasteiger partial charge in [-0.15, -0.1) is 0 Å². The number of hydrogen-bond acceptors (Lipinski definition) is 0.